The predicted molar refractivity (Wildman–Crippen MR) is 162 cm³/mol. The number of nitrogens with one attached hydrogen (secondary N) is 2. The second-order valence-corrected chi connectivity index (χ2v) is 10.3. The third-order valence-corrected chi connectivity index (χ3v) is 7.06. The Bertz CT molecular complexity index is 1340. The van der Waals surface area contributed by atoms with E-state index in [4.69, 9.17) is 9.47 Å². The van der Waals surface area contributed by atoms with E-state index in [2.05, 4.69) is 42.5 Å². The van der Waals surface area contributed by atoms with Gasteiger partial charge in [0.05, 0.1) is 22.2 Å². The molecule has 8 heteroatoms. The molecule has 0 aromatic heterocycles. The van der Waals surface area contributed by atoms with E-state index in [1.54, 1.807) is 36.4 Å². The fourth-order valence-corrected chi connectivity index (χ4v) is 4.87. The molecule has 2 N–H and O–H groups in total. The number of amides is 2. The number of hydrogen-bond acceptors (Lipinski definition) is 4. The molecule has 39 heavy (non-hydrogen) atoms. The van der Waals surface area contributed by atoms with Gasteiger partial charge in [0.1, 0.15) is 11.5 Å². The summed E-state index contributed by atoms with van der Waals surface area (Å²) in [6.07, 6.45) is 0.722. The van der Waals surface area contributed by atoms with Gasteiger partial charge in [0.2, 0.25) is 0 Å². The quantitative estimate of drug-likeness (QED) is 0.182. The van der Waals surface area contributed by atoms with Crippen molar-refractivity contribution in [2.75, 3.05) is 23.8 Å². The van der Waals surface area contributed by atoms with E-state index in [1.165, 1.54) is 0 Å². The number of halogens is 2. The van der Waals surface area contributed by atoms with Crippen LogP contribution < -0.4 is 20.1 Å². The van der Waals surface area contributed by atoms with Crippen molar-refractivity contribution in [3.05, 3.63) is 116 Å². The highest BCUT2D eigenvalue weighted by Gasteiger charge is 2.11. The normalized spacial score (nSPS) is 10.6. The van der Waals surface area contributed by atoms with Gasteiger partial charge < -0.3 is 20.1 Å². The maximum atomic E-state index is 12.7. The molecule has 0 spiro atoms. The minimum Gasteiger partial charge on any atom is -0.493 e. The Morgan fingerprint density at radius 3 is 1.33 bits per heavy atom. The van der Waals surface area contributed by atoms with Crippen LogP contribution in [0.1, 0.15) is 45.7 Å². The molecule has 0 atom stereocenters. The molecule has 0 unspecified atom stereocenters. The lowest BCUT2D eigenvalue weighted by molar-refractivity contribution is 0.101. The molecule has 0 aliphatic carbocycles. The van der Waals surface area contributed by atoms with Crippen LogP contribution in [-0.4, -0.2) is 25.0 Å². The van der Waals surface area contributed by atoms with Gasteiger partial charge in [0.15, 0.2) is 0 Å². The van der Waals surface area contributed by atoms with Crippen molar-refractivity contribution in [1.29, 1.82) is 0 Å². The van der Waals surface area contributed by atoms with Crippen molar-refractivity contribution >= 4 is 55.0 Å². The number of hydrogen-bond donors (Lipinski definition) is 2. The number of ether oxygens (including phenoxy) is 2. The number of anilines is 2. The van der Waals surface area contributed by atoms with E-state index in [1.807, 2.05) is 62.4 Å². The highest BCUT2D eigenvalue weighted by atomic mass is 79.9. The van der Waals surface area contributed by atoms with Gasteiger partial charge in [0, 0.05) is 22.5 Å². The summed E-state index contributed by atoms with van der Waals surface area (Å²) in [5, 5.41) is 5.86. The van der Waals surface area contributed by atoms with Gasteiger partial charge in [-0.3, -0.25) is 9.59 Å². The van der Waals surface area contributed by atoms with Crippen molar-refractivity contribution in [2.45, 2.75) is 20.3 Å². The topological polar surface area (TPSA) is 76.7 Å². The first-order valence-electron chi connectivity index (χ1n) is 12.5. The van der Waals surface area contributed by atoms with Crippen LogP contribution in [-0.2, 0) is 6.42 Å². The number of benzene rings is 4. The molecule has 0 saturated heterocycles. The highest BCUT2D eigenvalue weighted by Crippen LogP contribution is 2.28. The lowest BCUT2D eigenvalue weighted by atomic mass is 10.0. The van der Waals surface area contributed by atoms with Crippen LogP contribution in [0.4, 0.5) is 11.4 Å². The van der Waals surface area contributed by atoms with E-state index in [-0.39, 0.29) is 11.8 Å². The van der Waals surface area contributed by atoms with Crippen LogP contribution in [0, 0.1) is 0 Å². The first-order chi connectivity index (χ1) is 18.9. The Kier molecular flexibility index (Phi) is 9.79. The van der Waals surface area contributed by atoms with Crippen LogP contribution >= 0.6 is 31.9 Å². The Balaban J connectivity index is 1.32. The predicted octanol–water partition coefficient (Wildman–Crippen LogP) is 8.10. The molecule has 2 amide bonds. The van der Waals surface area contributed by atoms with E-state index in [0.717, 1.165) is 26.5 Å². The third-order valence-electron chi connectivity index (χ3n) is 5.82. The SMILES string of the molecule is CCOc1ccc(C(=O)Nc2ccc(Cc3ccc(NC(=O)c4ccc(OCC)c(Br)c4)cc3)cc2)cc1Br. The van der Waals surface area contributed by atoms with Gasteiger partial charge in [-0.1, -0.05) is 24.3 Å². The van der Waals surface area contributed by atoms with Crippen LogP contribution in [0.2, 0.25) is 0 Å². The minimum absolute atomic E-state index is 0.193. The monoisotopic (exact) mass is 650 g/mol. The van der Waals surface area contributed by atoms with E-state index >= 15 is 0 Å². The summed E-state index contributed by atoms with van der Waals surface area (Å²) < 4.78 is 12.5. The smallest absolute Gasteiger partial charge is 0.255 e. The van der Waals surface area contributed by atoms with Crippen molar-refractivity contribution in [1.82, 2.24) is 0 Å². The van der Waals surface area contributed by atoms with Crippen molar-refractivity contribution in [3.63, 3.8) is 0 Å². The molecule has 4 aromatic rings. The average Bonchev–Trinajstić information content (AvgIpc) is 2.93. The second-order valence-electron chi connectivity index (χ2n) is 8.64. The molecule has 6 nitrogen and oxygen atoms in total. The molecule has 4 rings (SSSR count). The van der Waals surface area contributed by atoms with Gasteiger partial charge in [0.25, 0.3) is 11.8 Å². The van der Waals surface area contributed by atoms with Gasteiger partial charge in [-0.05, 0) is 124 Å². The van der Waals surface area contributed by atoms with Gasteiger partial charge in [-0.2, -0.15) is 0 Å². The van der Waals surface area contributed by atoms with Crippen LogP contribution in [0.15, 0.2) is 93.9 Å². The van der Waals surface area contributed by atoms with E-state index in [0.29, 0.717) is 47.2 Å². The first-order valence-corrected chi connectivity index (χ1v) is 14.1. The zero-order valence-electron chi connectivity index (χ0n) is 21.6. The fraction of sp³-hybridized carbons (Fsp3) is 0.161. The van der Waals surface area contributed by atoms with Crippen molar-refractivity contribution < 1.29 is 19.1 Å². The lowest BCUT2D eigenvalue weighted by Gasteiger charge is -2.10. The first kappa shape index (κ1) is 28.4. The number of carbonyl (C=O) groups is 2. The summed E-state index contributed by atoms with van der Waals surface area (Å²) in [5.74, 6) is 1.02. The van der Waals surface area contributed by atoms with Crippen molar-refractivity contribution in [3.8, 4) is 11.5 Å². The molecule has 0 aliphatic rings. The summed E-state index contributed by atoms with van der Waals surface area (Å²) in [6.45, 7) is 4.94. The van der Waals surface area contributed by atoms with Gasteiger partial charge >= 0.3 is 0 Å². The maximum Gasteiger partial charge on any atom is 0.255 e. The third kappa shape index (κ3) is 7.71. The Morgan fingerprint density at radius 1 is 0.615 bits per heavy atom. The van der Waals surface area contributed by atoms with E-state index < -0.39 is 0 Å². The largest absolute Gasteiger partial charge is 0.493 e. The van der Waals surface area contributed by atoms with Crippen molar-refractivity contribution in [2.24, 2.45) is 0 Å². The van der Waals surface area contributed by atoms with Crippen LogP contribution in [0.3, 0.4) is 0 Å². The molecule has 200 valence electrons. The molecular weight excluding hydrogens is 624 g/mol. The molecule has 0 saturated carbocycles. The zero-order chi connectivity index (χ0) is 27.8. The molecule has 0 bridgehead atoms. The molecule has 0 aliphatic heterocycles. The average molecular weight is 652 g/mol. The zero-order valence-corrected chi connectivity index (χ0v) is 24.8. The molecule has 4 aromatic carbocycles. The number of rotatable bonds is 10. The minimum atomic E-state index is -0.193. The van der Waals surface area contributed by atoms with E-state index in [9.17, 15) is 9.59 Å². The summed E-state index contributed by atoms with van der Waals surface area (Å²) in [5.41, 5.74) is 4.72. The van der Waals surface area contributed by atoms with Gasteiger partial charge in [-0.15, -0.1) is 0 Å². The summed E-state index contributed by atoms with van der Waals surface area (Å²) >= 11 is 6.90. The maximum absolute atomic E-state index is 12.7. The number of carbonyl (C=O) groups excluding carboxylic acids is 2. The highest BCUT2D eigenvalue weighted by molar-refractivity contribution is 9.10. The second kappa shape index (κ2) is 13.4. The van der Waals surface area contributed by atoms with Gasteiger partial charge in [-0.25, -0.2) is 0 Å². The molecule has 0 heterocycles. The van der Waals surface area contributed by atoms with Crippen LogP contribution in [0.5, 0.6) is 11.5 Å². The summed E-state index contributed by atoms with van der Waals surface area (Å²) in [4.78, 5) is 25.3. The van der Waals surface area contributed by atoms with Crippen LogP contribution in [0.25, 0.3) is 0 Å². The Morgan fingerprint density at radius 2 is 1.00 bits per heavy atom. The summed E-state index contributed by atoms with van der Waals surface area (Å²) in [7, 11) is 0. The standard InChI is InChI=1S/C31H28Br2N2O4/c1-3-38-28-15-9-22(18-26(28)32)30(36)34-24-11-5-20(6-12-24)17-21-7-13-25(14-8-21)35-31(37)23-10-16-29(39-4-2)27(33)19-23/h5-16,18-19H,3-4,17H2,1-2H3,(H,34,36)(H,35,37). The lowest BCUT2D eigenvalue weighted by Crippen LogP contribution is -2.12. The fourth-order valence-electron chi connectivity index (χ4n) is 3.88. The molecule has 0 fully saturated rings. The molecular formula is C31H28Br2N2O4. The molecule has 0 radical (unpaired) electrons. The Hall–Kier alpha value is -3.62. The Labute approximate surface area is 245 Å². The summed E-state index contributed by atoms with van der Waals surface area (Å²) in [6, 6.07) is 26.0.